The number of halogens is 4. The molecule has 0 atom stereocenters. The van der Waals surface area contributed by atoms with Gasteiger partial charge in [-0.15, -0.1) is 0 Å². The van der Waals surface area contributed by atoms with E-state index in [0.29, 0.717) is 31.7 Å². The Kier molecular flexibility index (Phi) is 7.11. The molecule has 120 valence electrons. The molecular formula is C15H21F4NO. The van der Waals surface area contributed by atoms with Crippen LogP contribution in [-0.2, 0) is 17.5 Å². The van der Waals surface area contributed by atoms with E-state index in [4.69, 9.17) is 4.74 Å². The summed E-state index contributed by atoms with van der Waals surface area (Å²) in [7, 11) is 0. The fourth-order valence-corrected chi connectivity index (χ4v) is 1.77. The molecule has 0 heterocycles. The zero-order chi connectivity index (χ0) is 15.9. The van der Waals surface area contributed by atoms with Gasteiger partial charge in [-0.2, -0.15) is 13.2 Å². The zero-order valence-corrected chi connectivity index (χ0v) is 12.3. The van der Waals surface area contributed by atoms with Gasteiger partial charge in [0.25, 0.3) is 0 Å². The van der Waals surface area contributed by atoms with E-state index < -0.39 is 17.6 Å². The van der Waals surface area contributed by atoms with Gasteiger partial charge in [0.05, 0.1) is 5.56 Å². The van der Waals surface area contributed by atoms with Gasteiger partial charge in [-0.25, -0.2) is 4.39 Å². The fourth-order valence-electron chi connectivity index (χ4n) is 1.77. The van der Waals surface area contributed by atoms with E-state index in [1.165, 1.54) is 0 Å². The Morgan fingerprint density at radius 3 is 2.52 bits per heavy atom. The summed E-state index contributed by atoms with van der Waals surface area (Å²) in [6.45, 7) is 6.21. The van der Waals surface area contributed by atoms with Crippen LogP contribution >= 0.6 is 0 Å². The molecule has 0 bridgehead atoms. The molecule has 0 saturated heterocycles. The van der Waals surface area contributed by atoms with E-state index in [-0.39, 0.29) is 12.1 Å². The fraction of sp³-hybridized carbons (Fsp3) is 0.600. The number of rotatable bonds is 8. The van der Waals surface area contributed by atoms with Crippen LogP contribution in [0.2, 0.25) is 0 Å². The monoisotopic (exact) mass is 307 g/mol. The van der Waals surface area contributed by atoms with Crippen molar-refractivity contribution in [3.8, 4) is 0 Å². The molecule has 1 aromatic carbocycles. The van der Waals surface area contributed by atoms with E-state index in [1.54, 1.807) is 0 Å². The lowest BCUT2D eigenvalue weighted by Gasteiger charge is -2.10. The molecule has 0 aliphatic rings. The van der Waals surface area contributed by atoms with Crippen molar-refractivity contribution in [1.82, 2.24) is 5.32 Å². The zero-order valence-electron chi connectivity index (χ0n) is 12.3. The third-order valence-corrected chi connectivity index (χ3v) is 2.71. The summed E-state index contributed by atoms with van der Waals surface area (Å²) in [6.07, 6.45) is -3.77. The summed E-state index contributed by atoms with van der Waals surface area (Å²) >= 11 is 0. The predicted octanol–water partition coefficient (Wildman–Crippen LogP) is 4.00. The van der Waals surface area contributed by atoms with Crippen LogP contribution < -0.4 is 5.32 Å². The number of ether oxygens (including phenoxy) is 1. The first-order valence-electron chi connectivity index (χ1n) is 6.94. The third kappa shape index (κ3) is 7.43. The molecule has 0 aliphatic heterocycles. The number of benzene rings is 1. The molecule has 1 N–H and O–H groups in total. The lowest BCUT2D eigenvalue weighted by Crippen LogP contribution is -2.17. The SMILES string of the molecule is CC(C)COCCCNCc1cc(F)cc(C(F)(F)F)c1. The van der Waals surface area contributed by atoms with Gasteiger partial charge in [0.2, 0.25) is 0 Å². The van der Waals surface area contributed by atoms with Gasteiger partial charge in [0, 0.05) is 19.8 Å². The molecule has 1 aromatic rings. The van der Waals surface area contributed by atoms with Gasteiger partial charge < -0.3 is 10.1 Å². The number of hydrogen-bond donors (Lipinski definition) is 1. The highest BCUT2D eigenvalue weighted by molar-refractivity contribution is 5.26. The lowest BCUT2D eigenvalue weighted by atomic mass is 10.1. The lowest BCUT2D eigenvalue weighted by molar-refractivity contribution is -0.137. The molecule has 21 heavy (non-hydrogen) atoms. The van der Waals surface area contributed by atoms with Crippen LogP contribution in [0.3, 0.4) is 0 Å². The minimum Gasteiger partial charge on any atom is -0.381 e. The van der Waals surface area contributed by atoms with Gasteiger partial charge in [-0.1, -0.05) is 13.8 Å². The molecule has 2 nitrogen and oxygen atoms in total. The normalized spacial score (nSPS) is 12.1. The Labute approximate surface area is 122 Å². The van der Waals surface area contributed by atoms with Crippen molar-refractivity contribution in [3.05, 3.63) is 35.1 Å². The van der Waals surface area contributed by atoms with Gasteiger partial charge in [0.1, 0.15) is 5.82 Å². The Bertz CT molecular complexity index is 432. The average Bonchev–Trinajstić information content (AvgIpc) is 2.35. The first kappa shape index (κ1) is 17.9. The van der Waals surface area contributed by atoms with Gasteiger partial charge >= 0.3 is 6.18 Å². The first-order valence-corrected chi connectivity index (χ1v) is 6.94. The largest absolute Gasteiger partial charge is 0.416 e. The summed E-state index contributed by atoms with van der Waals surface area (Å²) in [5.74, 6) is -0.395. The summed E-state index contributed by atoms with van der Waals surface area (Å²) in [5.41, 5.74) is -0.676. The quantitative estimate of drug-likeness (QED) is 0.579. The van der Waals surface area contributed by atoms with Crippen LogP contribution in [-0.4, -0.2) is 19.8 Å². The molecule has 0 aliphatic carbocycles. The van der Waals surface area contributed by atoms with E-state index in [9.17, 15) is 17.6 Å². The van der Waals surface area contributed by atoms with Crippen molar-refractivity contribution in [2.45, 2.75) is 33.0 Å². The number of hydrogen-bond acceptors (Lipinski definition) is 2. The topological polar surface area (TPSA) is 21.3 Å². The predicted molar refractivity (Wildman–Crippen MR) is 73.4 cm³/mol. The third-order valence-electron chi connectivity index (χ3n) is 2.71. The molecule has 0 aromatic heterocycles. The van der Waals surface area contributed by atoms with Crippen LogP contribution in [0.1, 0.15) is 31.4 Å². The minimum absolute atomic E-state index is 0.199. The maximum atomic E-state index is 13.2. The Morgan fingerprint density at radius 2 is 1.90 bits per heavy atom. The molecule has 0 saturated carbocycles. The number of nitrogens with one attached hydrogen (secondary N) is 1. The molecule has 0 amide bonds. The standard InChI is InChI=1S/C15H21F4NO/c1-11(2)10-21-5-3-4-20-9-12-6-13(15(17,18)19)8-14(16)7-12/h6-8,11,20H,3-5,9-10H2,1-2H3. The van der Waals surface area contributed by atoms with Crippen molar-refractivity contribution in [3.63, 3.8) is 0 Å². The van der Waals surface area contributed by atoms with E-state index >= 15 is 0 Å². The highest BCUT2D eigenvalue weighted by Crippen LogP contribution is 2.30. The van der Waals surface area contributed by atoms with Crippen LogP contribution in [0.5, 0.6) is 0 Å². The van der Waals surface area contributed by atoms with Crippen molar-refractivity contribution < 1.29 is 22.3 Å². The van der Waals surface area contributed by atoms with Crippen LogP contribution in [0, 0.1) is 11.7 Å². The van der Waals surface area contributed by atoms with Crippen LogP contribution in [0.25, 0.3) is 0 Å². The molecule has 0 radical (unpaired) electrons. The summed E-state index contributed by atoms with van der Waals surface area (Å²) in [6, 6.07) is 2.58. The second kappa shape index (κ2) is 8.34. The van der Waals surface area contributed by atoms with Crippen LogP contribution in [0.4, 0.5) is 17.6 Å². The van der Waals surface area contributed by atoms with E-state index in [2.05, 4.69) is 19.2 Å². The van der Waals surface area contributed by atoms with E-state index in [1.807, 2.05) is 0 Å². The van der Waals surface area contributed by atoms with E-state index in [0.717, 1.165) is 18.6 Å². The highest BCUT2D eigenvalue weighted by atomic mass is 19.4. The van der Waals surface area contributed by atoms with Crippen molar-refractivity contribution in [2.75, 3.05) is 19.8 Å². The number of alkyl halides is 3. The van der Waals surface area contributed by atoms with Crippen LogP contribution in [0.15, 0.2) is 18.2 Å². The summed E-state index contributed by atoms with van der Waals surface area (Å²) < 4.78 is 56.2. The molecule has 0 spiro atoms. The minimum atomic E-state index is -4.53. The Balaban J connectivity index is 2.34. The second-order valence-electron chi connectivity index (χ2n) is 5.35. The highest BCUT2D eigenvalue weighted by Gasteiger charge is 2.31. The van der Waals surface area contributed by atoms with Crippen molar-refractivity contribution >= 4 is 0 Å². The molecule has 6 heteroatoms. The first-order chi connectivity index (χ1) is 9.79. The second-order valence-corrected chi connectivity index (χ2v) is 5.35. The Morgan fingerprint density at radius 1 is 1.19 bits per heavy atom. The van der Waals surface area contributed by atoms with Crippen molar-refractivity contribution in [2.24, 2.45) is 5.92 Å². The molecule has 0 unspecified atom stereocenters. The molecular weight excluding hydrogens is 286 g/mol. The maximum absolute atomic E-state index is 13.2. The Hall–Kier alpha value is -1.14. The summed E-state index contributed by atoms with van der Waals surface area (Å²) in [5, 5.41) is 2.98. The van der Waals surface area contributed by atoms with Gasteiger partial charge in [-0.3, -0.25) is 0 Å². The average molecular weight is 307 g/mol. The van der Waals surface area contributed by atoms with Gasteiger partial charge in [0.15, 0.2) is 0 Å². The smallest absolute Gasteiger partial charge is 0.381 e. The molecule has 1 rings (SSSR count). The molecule has 0 fully saturated rings. The summed E-state index contributed by atoms with van der Waals surface area (Å²) in [4.78, 5) is 0. The van der Waals surface area contributed by atoms with Gasteiger partial charge in [-0.05, 0) is 42.6 Å². The van der Waals surface area contributed by atoms with Crippen molar-refractivity contribution in [1.29, 1.82) is 0 Å². The maximum Gasteiger partial charge on any atom is 0.416 e.